The average Bonchev–Trinajstić information content (AvgIpc) is 2.85. The van der Waals surface area contributed by atoms with Gasteiger partial charge in [-0.05, 0) is 66.6 Å². The SMILES string of the molecule is CCCCCc1ccc(C(=O)Oc2ccc(C(=O)O)c(Cl)c2-c2ccc(CCCCC)cc2)cc1. The molecule has 0 aromatic heterocycles. The molecule has 35 heavy (non-hydrogen) atoms. The van der Waals surface area contributed by atoms with Crippen molar-refractivity contribution in [2.75, 3.05) is 0 Å². The van der Waals surface area contributed by atoms with Gasteiger partial charge in [0.15, 0.2) is 0 Å². The fraction of sp³-hybridized carbons (Fsp3) is 0.333. The van der Waals surface area contributed by atoms with Crippen LogP contribution in [0.1, 0.15) is 84.2 Å². The molecule has 0 atom stereocenters. The third-order valence-electron chi connectivity index (χ3n) is 6.11. The van der Waals surface area contributed by atoms with Crippen LogP contribution in [0.5, 0.6) is 5.75 Å². The van der Waals surface area contributed by atoms with Crippen LogP contribution in [-0.4, -0.2) is 17.0 Å². The van der Waals surface area contributed by atoms with E-state index in [-0.39, 0.29) is 16.3 Å². The quantitative estimate of drug-likeness (QED) is 0.156. The van der Waals surface area contributed by atoms with E-state index in [2.05, 4.69) is 13.8 Å². The molecule has 0 fully saturated rings. The van der Waals surface area contributed by atoms with Crippen LogP contribution in [0.2, 0.25) is 5.02 Å². The Morgan fingerprint density at radius 2 is 1.31 bits per heavy atom. The molecule has 0 bridgehead atoms. The summed E-state index contributed by atoms with van der Waals surface area (Å²) in [5.74, 6) is -1.42. The lowest BCUT2D eigenvalue weighted by Gasteiger charge is -2.15. The van der Waals surface area contributed by atoms with Crippen LogP contribution in [0, 0.1) is 0 Å². The smallest absolute Gasteiger partial charge is 0.343 e. The van der Waals surface area contributed by atoms with Crippen LogP contribution < -0.4 is 4.74 Å². The van der Waals surface area contributed by atoms with Crippen molar-refractivity contribution in [3.05, 3.63) is 87.9 Å². The van der Waals surface area contributed by atoms with Crippen LogP contribution in [0.4, 0.5) is 0 Å². The Kier molecular flexibility index (Phi) is 9.92. The second kappa shape index (κ2) is 13.1. The van der Waals surface area contributed by atoms with Crippen molar-refractivity contribution < 1.29 is 19.4 Å². The summed E-state index contributed by atoms with van der Waals surface area (Å²) in [6, 6.07) is 18.1. The number of unbranched alkanes of at least 4 members (excludes halogenated alkanes) is 4. The molecule has 5 heteroatoms. The lowest BCUT2D eigenvalue weighted by molar-refractivity contribution is 0.0696. The first-order chi connectivity index (χ1) is 16.9. The van der Waals surface area contributed by atoms with Gasteiger partial charge in [0.1, 0.15) is 5.75 Å². The summed E-state index contributed by atoms with van der Waals surface area (Å²) in [6.07, 6.45) is 8.87. The molecular weight excluding hydrogens is 460 g/mol. The second-order valence-corrected chi connectivity index (χ2v) is 9.18. The minimum Gasteiger partial charge on any atom is -0.478 e. The van der Waals surface area contributed by atoms with E-state index in [4.69, 9.17) is 16.3 Å². The summed E-state index contributed by atoms with van der Waals surface area (Å²) in [4.78, 5) is 24.6. The van der Waals surface area contributed by atoms with Crippen molar-refractivity contribution >= 4 is 23.5 Å². The van der Waals surface area contributed by atoms with E-state index in [1.54, 1.807) is 12.1 Å². The Morgan fingerprint density at radius 3 is 1.83 bits per heavy atom. The van der Waals surface area contributed by atoms with E-state index in [0.29, 0.717) is 16.7 Å². The van der Waals surface area contributed by atoms with Gasteiger partial charge in [-0.25, -0.2) is 9.59 Å². The first-order valence-electron chi connectivity index (χ1n) is 12.4. The molecule has 0 amide bonds. The van der Waals surface area contributed by atoms with Crippen molar-refractivity contribution in [3.8, 4) is 16.9 Å². The summed E-state index contributed by atoms with van der Waals surface area (Å²) < 4.78 is 5.73. The van der Waals surface area contributed by atoms with Crippen molar-refractivity contribution in [2.24, 2.45) is 0 Å². The average molecular weight is 493 g/mol. The van der Waals surface area contributed by atoms with Crippen LogP contribution in [0.25, 0.3) is 11.1 Å². The van der Waals surface area contributed by atoms with Crippen molar-refractivity contribution in [1.82, 2.24) is 0 Å². The van der Waals surface area contributed by atoms with Crippen LogP contribution in [0.3, 0.4) is 0 Å². The molecule has 1 N–H and O–H groups in total. The van der Waals surface area contributed by atoms with Gasteiger partial charge in [-0.15, -0.1) is 0 Å². The molecule has 0 radical (unpaired) electrons. The highest BCUT2D eigenvalue weighted by Gasteiger charge is 2.21. The maximum absolute atomic E-state index is 12.9. The number of carbonyl (C=O) groups is 2. The zero-order valence-corrected chi connectivity index (χ0v) is 21.2. The number of carboxylic acid groups (broad SMARTS) is 1. The number of hydrogen-bond acceptors (Lipinski definition) is 3. The number of halogens is 1. The van der Waals surface area contributed by atoms with Crippen LogP contribution >= 0.6 is 11.6 Å². The van der Waals surface area contributed by atoms with Crippen molar-refractivity contribution in [3.63, 3.8) is 0 Å². The minimum absolute atomic E-state index is 0.0371. The van der Waals surface area contributed by atoms with Gasteiger partial charge in [0, 0.05) is 5.56 Å². The normalized spacial score (nSPS) is 10.8. The molecule has 0 saturated carbocycles. The zero-order chi connectivity index (χ0) is 25.2. The highest BCUT2D eigenvalue weighted by atomic mass is 35.5. The number of carbonyl (C=O) groups excluding carboxylic acids is 1. The first-order valence-corrected chi connectivity index (χ1v) is 12.8. The van der Waals surface area contributed by atoms with E-state index in [9.17, 15) is 14.7 Å². The molecule has 4 nitrogen and oxygen atoms in total. The van der Waals surface area contributed by atoms with Gasteiger partial charge in [0.25, 0.3) is 0 Å². The number of ether oxygens (including phenoxy) is 1. The van der Waals surface area contributed by atoms with Crippen LogP contribution in [0.15, 0.2) is 60.7 Å². The Labute approximate surface area is 212 Å². The number of aromatic carboxylic acids is 1. The van der Waals surface area contributed by atoms with Crippen molar-refractivity contribution in [2.45, 2.75) is 65.2 Å². The fourth-order valence-electron chi connectivity index (χ4n) is 4.04. The number of esters is 1. The van der Waals surface area contributed by atoms with Crippen molar-refractivity contribution in [1.29, 1.82) is 0 Å². The summed E-state index contributed by atoms with van der Waals surface area (Å²) in [5.41, 5.74) is 3.88. The summed E-state index contributed by atoms with van der Waals surface area (Å²) in [6.45, 7) is 4.34. The molecule has 0 heterocycles. The fourth-order valence-corrected chi connectivity index (χ4v) is 4.39. The highest BCUT2D eigenvalue weighted by molar-refractivity contribution is 6.36. The first kappa shape index (κ1) is 26.5. The van der Waals surface area contributed by atoms with E-state index in [1.165, 1.54) is 36.1 Å². The van der Waals surface area contributed by atoms with Gasteiger partial charge in [-0.3, -0.25) is 0 Å². The molecule has 0 saturated heterocycles. The standard InChI is InChI=1S/C30H33ClO4/c1-3-5-7-9-21-11-15-23(16-12-21)27-26(20-19-25(28(27)31)29(32)33)35-30(34)24-17-13-22(14-18-24)10-8-6-4-2/h11-20H,3-10H2,1-2H3,(H,32,33). The molecule has 3 aromatic carbocycles. The molecule has 0 aliphatic rings. The Hall–Kier alpha value is -3.11. The largest absolute Gasteiger partial charge is 0.478 e. The Balaban J connectivity index is 1.86. The molecule has 184 valence electrons. The molecule has 0 unspecified atom stereocenters. The van der Waals surface area contributed by atoms with Crippen LogP contribution in [-0.2, 0) is 12.8 Å². The molecule has 3 aromatic rings. The predicted octanol–water partition coefficient (Wildman–Crippen LogP) is 8.39. The maximum Gasteiger partial charge on any atom is 0.343 e. The number of hydrogen-bond donors (Lipinski definition) is 1. The van der Waals surface area contributed by atoms with Gasteiger partial charge < -0.3 is 9.84 Å². The lowest BCUT2D eigenvalue weighted by Crippen LogP contribution is -2.10. The van der Waals surface area contributed by atoms with Gasteiger partial charge in [-0.2, -0.15) is 0 Å². The van der Waals surface area contributed by atoms with Gasteiger partial charge >= 0.3 is 11.9 Å². The molecular formula is C30H33ClO4. The van der Waals surface area contributed by atoms with Gasteiger partial charge in [-0.1, -0.05) is 87.5 Å². The monoisotopic (exact) mass is 492 g/mol. The molecule has 3 rings (SSSR count). The van der Waals surface area contributed by atoms with E-state index >= 15 is 0 Å². The third kappa shape index (κ3) is 7.19. The highest BCUT2D eigenvalue weighted by Crippen LogP contribution is 2.39. The lowest BCUT2D eigenvalue weighted by atomic mass is 9.98. The number of rotatable bonds is 12. The second-order valence-electron chi connectivity index (χ2n) is 8.80. The number of benzene rings is 3. The number of aryl methyl sites for hydroxylation is 2. The van der Waals surface area contributed by atoms with E-state index < -0.39 is 11.9 Å². The summed E-state index contributed by atoms with van der Waals surface area (Å²) in [5, 5.41) is 9.61. The Bertz CT molecular complexity index is 1130. The summed E-state index contributed by atoms with van der Waals surface area (Å²) >= 11 is 6.52. The third-order valence-corrected chi connectivity index (χ3v) is 6.50. The van der Waals surface area contributed by atoms with Gasteiger partial charge in [0.05, 0.1) is 16.1 Å². The Morgan fingerprint density at radius 1 is 0.771 bits per heavy atom. The number of carboxylic acids is 1. The van der Waals surface area contributed by atoms with Gasteiger partial charge in [0.2, 0.25) is 0 Å². The maximum atomic E-state index is 12.9. The van der Waals surface area contributed by atoms with E-state index in [1.807, 2.05) is 36.4 Å². The summed E-state index contributed by atoms with van der Waals surface area (Å²) in [7, 11) is 0. The molecule has 0 aliphatic carbocycles. The topological polar surface area (TPSA) is 63.6 Å². The minimum atomic E-state index is -1.14. The molecule has 0 aliphatic heterocycles. The predicted molar refractivity (Wildman–Crippen MR) is 142 cm³/mol. The zero-order valence-electron chi connectivity index (χ0n) is 20.5. The molecule has 0 spiro atoms. The van der Waals surface area contributed by atoms with E-state index in [0.717, 1.165) is 38.5 Å².